The molecule has 0 N–H and O–H groups in total. The van der Waals surface area contributed by atoms with Gasteiger partial charge in [0.15, 0.2) is 17.3 Å². The Morgan fingerprint density at radius 2 is 2.21 bits per heavy atom. The summed E-state index contributed by atoms with van der Waals surface area (Å²) in [4.78, 5) is 19.0. The first-order valence-electron chi connectivity index (χ1n) is 8.25. The second-order valence-corrected chi connectivity index (χ2v) is 6.01. The molecule has 24 heavy (non-hydrogen) atoms. The van der Waals surface area contributed by atoms with Crippen molar-refractivity contribution in [2.75, 3.05) is 13.3 Å². The maximum Gasteiger partial charge on any atom is 0.249 e. The van der Waals surface area contributed by atoms with Gasteiger partial charge in [-0.15, -0.1) is 0 Å². The van der Waals surface area contributed by atoms with E-state index >= 15 is 0 Å². The molecule has 0 spiro atoms. The number of carbonyl (C=O) groups excluding carboxylic acids is 1. The van der Waals surface area contributed by atoms with Crippen LogP contribution in [0.3, 0.4) is 0 Å². The topological polar surface area (TPSA) is 77.7 Å². The lowest BCUT2D eigenvalue weighted by molar-refractivity contribution is -0.131. The van der Waals surface area contributed by atoms with Crippen LogP contribution in [0.2, 0.25) is 0 Å². The number of likely N-dealkylation sites (tertiary alicyclic amines) is 1. The molecule has 3 heterocycles. The van der Waals surface area contributed by atoms with Gasteiger partial charge >= 0.3 is 0 Å². The fraction of sp³-hybridized carbons (Fsp3) is 0.471. The third kappa shape index (κ3) is 2.70. The number of rotatable bonds is 4. The van der Waals surface area contributed by atoms with Crippen molar-refractivity contribution in [2.45, 2.75) is 38.6 Å². The summed E-state index contributed by atoms with van der Waals surface area (Å²) in [7, 11) is 0. The fourth-order valence-electron chi connectivity index (χ4n) is 3.20. The van der Waals surface area contributed by atoms with Crippen molar-refractivity contribution < 1.29 is 18.8 Å². The van der Waals surface area contributed by atoms with Gasteiger partial charge in [-0.25, -0.2) is 0 Å². The van der Waals surface area contributed by atoms with E-state index < -0.39 is 0 Å². The van der Waals surface area contributed by atoms with E-state index in [1.165, 1.54) is 0 Å². The Morgan fingerprint density at radius 1 is 1.33 bits per heavy atom. The highest BCUT2D eigenvalue weighted by Crippen LogP contribution is 2.34. The van der Waals surface area contributed by atoms with Crippen molar-refractivity contribution >= 4 is 5.91 Å². The van der Waals surface area contributed by atoms with Crippen LogP contribution in [0, 0.1) is 0 Å². The Balaban J connectivity index is 1.48. The number of hydrogen-bond acceptors (Lipinski definition) is 6. The fourth-order valence-corrected chi connectivity index (χ4v) is 3.20. The van der Waals surface area contributed by atoms with Gasteiger partial charge in [0.25, 0.3) is 0 Å². The van der Waals surface area contributed by atoms with E-state index in [4.69, 9.17) is 14.0 Å². The van der Waals surface area contributed by atoms with Gasteiger partial charge in [0.1, 0.15) is 6.04 Å². The number of hydrogen-bond donors (Lipinski definition) is 0. The predicted octanol–water partition coefficient (Wildman–Crippen LogP) is 2.27. The summed E-state index contributed by atoms with van der Waals surface area (Å²) in [5.74, 6) is 2.71. The number of benzene rings is 1. The molecule has 0 bridgehead atoms. The lowest BCUT2D eigenvalue weighted by Crippen LogP contribution is -2.32. The standard InChI is InChI=1S/C17H19N3O4/c1-2-15-18-17(24-19-15)12-4-3-7-20(12)16(21)9-11-5-6-13-14(8-11)23-10-22-13/h5-6,8,12H,2-4,7,9-10H2,1H3/t12-/m0/s1. The van der Waals surface area contributed by atoms with E-state index in [1.54, 1.807) is 0 Å². The summed E-state index contributed by atoms with van der Waals surface area (Å²) in [5, 5.41) is 3.94. The van der Waals surface area contributed by atoms with Gasteiger partial charge in [-0.3, -0.25) is 4.79 Å². The Morgan fingerprint density at radius 3 is 3.04 bits per heavy atom. The lowest BCUT2D eigenvalue weighted by Gasteiger charge is -2.22. The number of fused-ring (bicyclic) bond motifs is 1. The van der Waals surface area contributed by atoms with Crippen LogP contribution >= 0.6 is 0 Å². The third-order valence-corrected chi connectivity index (χ3v) is 4.45. The molecule has 126 valence electrons. The van der Waals surface area contributed by atoms with Crippen molar-refractivity contribution in [1.29, 1.82) is 0 Å². The minimum Gasteiger partial charge on any atom is -0.454 e. The maximum absolute atomic E-state index is 12.7. The van der Waals surface area contributed by atoms with Gasteiger partial charge in [-0.05, 0) is 30.5 Å². The van der Waals surface area contributed by atoms with Crippen molar-refractivity contribution in [2.24, 2.45) is 0 Å². The van der Waals surface area contributed by atoms with Crippen LogP contribution in [0.4, 0.5) is 0 Å². The second-order valence-electron chi connectivity index (χ2n) is 6.01. The minimum absolute atomic E-state index is 0.0626. The highest BCUT2D eigenvalue weighted by atomic mass is 16.7. The van der Waals surface area contributed by atoms with Gasteiger partial charge in [0.2, 0.25) is 18.6 Å². The largest absolute Gasteiger partial charge is 0.454 e. The average molecular weight is 329 g/mol. The van der Waals surface area contributed by atoms with Crippen molar-refractivity contribution in [3.8, 4) is 11.5 Å². The summed E-state index contributed by atoms with van der Waals surface area (Å²) in [5.41, 5.74) is 0.912. The molecule has 2 aliphatic rings. The van der Waals surface area contributed by atoms with Gasteiger partial charge in [0.05, 0.1) is 6.42 Å². The van der Waals surface area contributed by atoms with Gasteiger partial charge in [0, 0.05) is 13.0 Å². The molecule has 0 aliphatic carbocycles. The summed E-state index contributed by atoms with van der Waals surface area (Å²) >= 11 is 0. The quantitative estimate of drug-likeness (QED) is 0.856. The van der Waals surface area contributed by atoms with Crippen molar-refractivity contribution in [3.63, 3.8) is 0 Å². The van der Waals surface area contributed by atoms with E-state index in [9.17, 15) is 4.79 Å². The summed E-state index contributed by atoms with van der Waals surface area (Å²) in [6, 6.07) is 5.50. The normalized spacial score (nSPS) is 19.0. The number of carbonyl (C=O) groups is 1. The zero-order valence-corrected chi connectivity index (χ0v) is 13.5. The Bertz CT molecular complexity index is 758. The first-order valence-corrected chi connectivity index (χ1v) is 8.25. The molecular formula is C17H19N3O4. The Hall–Kier alpha value is -2.57. The Labute approximate surface area is 139 Å². The molecule has 7 heteroatoms. The third-order valence-electron chi connectivity index (χ3n) is 4.45. The van der Waals surface area contributed by atoms with Crippen LogP contribution < -0.4 is 9.47 Å². The zero-order chi connectivity index (χ0) is 16.5. The molecular weight excluding hydrogens is 310 g/mol. The molecule has 1 amide bonds. The van der Waals surface area contributed by atoms with Gasteiger partial charge in [-0.1, -0.05) is 18.1 Å². The molecule has 0 saturated carbocycles. The van der Waals surface area contributed by atoms with E-state index in [0.29, 0.717) is 23.9 Å². The molecule has 1 fully saturated rings. The number of aryl methyl sites for hydroxylation is 1. The maximum atomic E-state index is 12.7. The molecule has 1 atom stereocenters. The number of amides is 1. The average Bonchev–Trinajstić information content (AvgIpc) is 3.32. The molecule has 0 unspecified atom stereocenters. The smallest absolute Gasteiger partial charge is 0.249 e. The lowest BCUT2D eigenvalue weighted by atomic mass is 10.1. The highest BCUT2D eigenvalue weighted by Gasteiger charge is 2.33. The molecule has 0 radical (unpaired) electrons. The minimum atomic E-state index is -0.112. The second kappa shape index (κ2) is 6.14. The molecule has 1 aromatic carbocycles. The first-order chi connectivity index (χ1) is 11.7. The Kier molecular flexibility index (Phi) is 3.84. The summed E-state index contributed by atoms with van der Waals surface area (Å²) in [6.45, 7) is 2.93. The summed E-state index contributed by atoms with van der Waals surface area (Å²) in [6.07, 6.45) is 2.85. The zero-order valence-electron chi connectivity index (χ0n) is 13.5. The van der Waals surface area contributed by atoms with Gasteiger partial charge in [-0.2, -0.15) is 4.98 Å². The molecule has 2 aromatic rings. The number of aromatic nitrogens is 2. The molecule has 4 rings (SSSR count). The van der Waals surface area contributed by atoms with Crippen LogP contribution in [-0.4, -0.2) is 34.3 Å². The van der Waals surface area contributed by atoms with Gasteiger partial charge < -0.3 is 18.9 Å². The van der Waals surface area contributed by atoms with E-state index in [0.717, 1.165) is 37.1 Å². The highest BCUT2D eigenvalue weighted by molar-refractivity contribution is 5.79. The molecule has 7 nitrogen and oxygen atoms in total. The van der Waals surface area contributed by atoms with Crippen LogP contribution in [0.15, 0.2) is 22.7 Å². The number of ether oxygens (including phenoxy) is 2. The van der Waals surface area contributed by atoms with E-state index in [-0.39, 0.29) is 18.7 Å². The van der Waals surface area contributed by atoms with Crippen LogP contribution in [0.1, 0.15) is 43.1 Å². The van der Waals surface area contributed by atoms with Crippen LogP contribution in [0.5, 0.6) is 11.5 Å². The van der Waals surface area contributed by atoms with Crippen LogP contribution in [0.25, 0.3) is 0 Å². The number of nitrogens with zero attached hydrogens (tertiary/aromatic N) is 3. The molecule has 1 aromatic heterocycles. The first kappa shape index (κ1) is 15.0. The monoisotopic (exact) mass is 329 g/mol. The summed E-state index contributed by atoms with van der Waals surface area (Å²) < 4.78 is 16.0. The van der Waals surface area contributed by atoms with E-state index in [1.807, 2.05) is 30.0 Å². The van der Waals surface area contributed by atoms with Crippen molar-refractivity contribution in [3.05, 3.63) is 35.5 Å². The van der Waals surface area contributed by atoms with Crippen molar-refractivity contribution in [1.82, 2.24) is 15.0 Å². The van der Waals surface area contributed by atoms with E-state index in [2.05, 4.69) is 10.1 Å². The van der Waals surface area contributed by atoms with Crippen LogP contribution in [-0.2, 0) is 17.6 Å². The molecule has 2 aliphatic heterocycles. The molecule has 1 saturated heterocycles. The predicted molar refractivity (Wildman–Crippen MR) is 83.6 cm³/mol. The SMILES string of the molecule is CCc1noc([C@@H]2CCCN2C(=O)Cc2ccc3c(c2)OCO3)n1.